The molecule has 0 unspecified atom stereocenters. The Labute approximate surface area is 205 Å². The predicted molar refractivity (Wildman–Crippen MR) is 146 cm³/mol. The molecule has 0 aliphatic heterocycles. The van der Waals surface area contributed by atoms with Crippen LogP contribution in [0.15, 0.2) is 113 Å². The molecular weight excluding hydrogens is 426 g/mol. The zero-order valence-corrected chi connectivity index (χ0v) is 20.1. The first kappa shape index (κ1) is 20.3. The Balaban J connectivity index is 1.24. The molecule has 2 aliphatic carbocycles. The van der Waals surface area contributed by atoms with Gasteiger partial charge in [-0.05, 0) is 53.3 Å². The molecule has 2 nitrogen and oxygen atoms in total. The van der Waals surface area contributed by atoms with Crippen LogP contribution in [0.4, 0.5) is 5.69 Å². The average Bonchev–Trinajstić information content (AvgIpc) is 3.38. The molecule has 2 aliphatic rings. The van der Waals surface area contributed by atoms with E-state index in [1.807, 2.05) is 12.1 Å². The third kappa shape index (κ3) is 3.03. The topological polar surface area (TPSA) is 25.2 Å². The minimum atomic E-state index is 0.0856. The van der Waals surface area contributed by atoms with Gasteiger partial charge in [0, 0.05) is 38.7 Å². The fourth-order valence-electron chi connectivity index (χ4n) is 6.07. The van der Waals surface area contributed by atoms with E-state index in [4.69, 9.17) is 4.42 Å². The number of allylic oxidation sites excluding steroid dienone is 3. The molecule has 0 saturated carbocycles. The van der Waals surface area contributed by atoms with Crippen LogP contribution < -0.4 is 5.32 Å². The van der Waals surface area contributed by atoms with Crippen LogP contribution in [-0.4, -0.2) is 0 Å². The number of hydrogen-bond donors (Lipinski definition) is 1. The van der Waals surface area contributed by atoms with Crippen LogP contribution in [-0.2, 0) is 5.41 Å². The lowest BCUT2D eigenvalue weighted by Gasteiger charge is -2.27. The minimum Gasteiger partial charge on any atom is -0.455 e. The van der Waals surface area contributed by atoms with Crippen LogP contribution in [0, 0.1) is 0 Å². The smallest absolute Gasteiger partial charge is 0.143 e. The molecular formula is C33H27NO. The zero-order chi connectivity index (χ0) is 23.6. The molecule has 0 radical (unpaired) electrons. The Bertz CT molecular complexity index is 1680. The van der Waals surface area contributed by atoms with Gasteiger partial charge in [-0.1, -0.05) is 92.7 Å². The molecule has 0 saturated heterocycles. The molecule has 170 valence electrons. The Kier molecular flexibility index (Phi) is 4.35. The SMILES string of the molecule is CC1(C)C2=C(C(Nc3ccc(-c4cccc5c4oc4ccccc45)cc3)=CCC2)c2ccccc21. The molecule has 7 rings (SSSR count). The van der Waals surface area contributed by atoms with Crippen LogP contribution in [0.3, 0.4) is 0 Å². The van der Waals surface area contributed by atoms with Crippen molar-refractivity contribution in [2.75, 3.05) is 5.32 Å². The van der Waals surface area contributed by atoms with Gasteiger partial charge in [-0.2, -0.15) is 0 Å². The van der Waals surface area contributed by atoms with E-state index in [-0.39, 0.29) is 5.41 Å². The number of hydrogen-bond acceptors (Lipinski definition) is 2. The molecule has 0 fully saturated rings. The Morgan fingerprint density at radius 3 is 2.37 bits per heavy atom. The van der Waals surface area contributed by atoms with Gasteiger partial charge >= 0.3 is 0 Å². The zero-order valence-electron chi connectivity index (χ0n) is 20.1. The highest BCUT2D eigenvalue weighted by molar-refractivity contribution is 6.09. The Hall–Kier alpha value is -4.04. The van der Waals surface area contributed by atoms with Crippen molar-refractivity contribution in [1.82, 2.24) is 0 Å². The van der Waals surface area contributed by atoms with Crippen molar-refractivity contribution in [2.45, 2.75) is 32.1 Å². The lowest BCUT2D eigenvalue weighted by molar-refractivity contribution is 0.606. The molecule has 1 aromatic heterocycles. The summed E-state index contributed by atoms with van der Waals surface area (Å²) < 4.78 is 6.26. The van der Waals surface area contributed by atoms with Gasteiger partial charge < -0.3 is 9.73 Å². The summed E-state index contributed by atoms with van der Waals surface area (Å²) in [6, 6.07) is 32.3. The molecule has 35 heavy (non-hydrogen) atoms. The van der Waals surface area contributed by atoms with Gasteiger partial charge in [-0.25, -0.2) is 0 Å². The van der Waals surface area contributed by atoms with Crippen molar-refractivity contribution in [3.63, 3.8) is 0 Å². The van der Waals surface area contributed by atoms with Gasteiger partial charge in [0.05, 0.1) is 0 Å². The van der Waals surface area contributed by atoms with E-state index in [0.717, 1.165) is 51.6 Å². The van der Waals surface area contributed by atoms with Gasteiger partial charge in [0.2, 0.25) is 0 Å². The highest BCUT2D eigenvalue weighted by atomic mass is 16.3. The van der Waals surface area contributed by atoms with E-state index in [0.29, 0.717) is 0 Å². The number of fused-ring (bicyclic) bond motifs is 5. The van der Waals surface area contributed by atoms with Crippen LogP contribution in [0.25, 0.3) is 38.6 Å². The van der Waals surface area contributed by atoms with Gasteiger partial charge in [0.15, 0.2) is 0 Å². The van der Waals surface area contributed by atoms with Gasteiger partial charge in [0.1, 0.15) is 11.2 Å². The monoisotopic (exact) mass is 453 g/mol. The molecule has 0 spiro atoms. The largest absolute Gasteiger partial charge is 0.455 e. The second-order valence-electron chi connectivity index (χ2n) is 10.2. The summed E-state index contributed by atoms with van der Waals surface area (Å²) in [5.74, 6) is 0. The van der Waals surface area contributed by atoms with E-state index in [1.54, 1.807) is 5.57 Å². The Morgan fingerprint density at radius 1 is 0.743 bits per heavy atom. The molecule has 0 amide bonds. The third-order valence-electron chi connectivity index (χ3n) is 7.82. The molecule has 4 aromatic carbocycles. The van der Waals surface area contributed by atoms with Gasteiger partial charge in [-0.15, -0.1) is 0 Å². The quantitative estimate of drug-likeness (QED) is 0.295. The maximum atomic E-state index is 6.26. The molecule has 5 aromatic rings. The fourth-order valence-corrected chi connectivity index (χ4v) is 6.07. The second-order valence-corrected chi connectivity index (χ2v) is 10.2. The highest BCUT2D eigenvalue weighted by Gasteiger charge is 2.39. The van der Waals surface area contributed by atoms with Gasteiger partial charge in [-0.3, -0.25) is 0 Å². The van der Waals surface area contributed by atoms with Crippen LogP contribution >= 0.6 is 0 Å². The molecule has 2 heteroatoms. The standard InChI is InChI=1S/C33H27NO/c1-33(2)27-13-5-3-10-26(27)31-28(33)14-8-15-29(31)34-22-19-17-21(18-20-22)23-11-7-12-25-24-9-4-6-16-30(24)35-32(23)25/h3-7,9-13,15-20,34H,8,14H2,1-2H3. The van der Waals surface area contributed by atoms with Crippen molar-refractivity contribution < 1.29 is 4.42 Å². The lowest BCUT2D eigenvalue weighted by atomic mass is 9.78. The molecule has 0 bridgehead atoms. The van der Waals surface area contributed by atoms with Crippen LogP contribution in [0.5, 0.6) is 0 Å². The summed E-state index contributed by atoms with van der Waals surface area (Å²) in [5.41, 5.74) is 12.3. The lowest BCUT2D eigenvalue weighted by Crippen LogP contribution is -2.18. The number of benzene rings is 4. The van der Waals surface area contributed by atoms with Crippen molar-refractivity contribution in [2.24, 2.45) is 0 Å². The van der Waals surface area contributed by atoms with E-state index in [9.17, 15) is 0 Å². The van der Waals surface area contributed by atoms with Crippen LogP contribution in [0.2, 0.25) is 0 Å². The number of anilines is 1. The summed E-state index contributed by atoms with van der Waals surface area (Å²) in [6.07, 6.45) is 4.56. The summed E-state index contributed by atoms with van der Waals surface area (Å²) >= 11 is 0. The van der Waals surface area contributed by atoms with Crippen molar-refractivity contribution >= 4 is 33.2 Å². The normalized spacial score (nSPS) is 16.3. The van der Waals surface area contributed by atoms with Crippen molar-refractivity contribution in [1.29, 1.82) is 0 Å². The Morgan fingerprint density at radius 2 is 1.49 bits per heavy atom. The molecule has 1 heterocycles. The summed E-state index contributed by atoms with van der Waals surface area (Å²) in [6.45, 7) is 4.73. The molecule has 0 atom stereocenters. The van der Waals surface area contributed by atoms with Crippen molar-refractivity contribution in [3.05, 3.63) is 119 Å². The first-order chi connectivity index (χ1) is 17.1. The first-order valence-electron chi connectivity index (χ1n) is 12.4. The van der Waals surface area contributed by atoms with E-state index >= 15 is 0 Å². The number of nitrogens with one attached hydrogen (secondary N) is 1. The number of furan rings is 1. The maximum absolute atomic E-state index is 6.26. The van der Waals surface area contributed by atoms with Crippen molar-refractivity contribution in [3.8, 4) is 11.1 Å². The summed E-state index contributed by atoms with van der Waals surface area (Å²) in [5, 5.41) is 6.07. The second kappa shape index (κ2) is 7.48. The van der Waals surface area contributed by atoms with E-state index < -0.39 is 0 Å². The first-order valence-corrected chi connectivity index (χ1v) is 12.4. The predicted octanol–water partition coefficient (Wildman–Crippen LogP) is 9.09. The summed E-state index contributed by atoms with van der Waals surface area (Å²) in [7, 11) is 0. The minimum absolute atomic E-state index is 0.0856. The van der Waals surface area contributed by atoms with Gasteiger partial charge in [0.25, 0.3) is 0 Å². The fraction of sp³-hybridized carbons (Fsp3) is 0.152. The molecule has 1 N–H and O–H groups in total. The number of rotatable bonds is 3. The number of para-hydroxylation sites is 2. The van der Waals surface area contributed by atoms with Crippen LogP contribution in [0.1, 0.15) is 37.8 Å². The third-order valence-corrected chi connectivity index (χ3v) is 7.82. The highest BCUT2D eigenvalue weighted by Crippen LogP contribution is 2.52. The van der Waals surface area contributed by atoms with E-state index in [1.165, 1.54) is 22.4 Å². The average molecular weight is 454 g/mol. The maximum Gasteiger partial charge on any atom is 0.143 e. The van der Waals surface area contributed by atoms with E-state index in [2.05, 4.69) is 104 Å². The summed E-state index contributed by atoms with van der Waals surface area (Å²) in [4.78, 5) is 0.